The van der Waals surface area contributed by atoms with Gasteiger partial charge in [0, 0.05) is 117 Å². The predicted molar refractivity (Wildman–Crippen MR) is 307 cm³/mol. The maximum atomic E-state index is 14.9. The Bertz CT molecular complexity index is 3050. The van der Waals surface area contributed by atoms with Crippen LogP contribution in [-0.4, -0.2) is 179 Å². The van der Waals surface area contributed by atoms with Crippen LogP contribution in [0.5, 0.6) is 0 Å². The number of benzene rings is 1. The molecule has 2 aliphatic carbocycles. The van der Waals surface area contributed by atoms with Gasteiger partial charge in [-0.2, -0.15) is 0 Å². The van der Waals surface area contributed by atoms with Gasteiger partial charge in [-0.05, 0) is 125 Å². The number of pyridine rings is 1. The molecule has 10 heterocycles. The van der Waals surface area contributed by atoms with Gasteiger partial charge in [0.25, 0.3) is 12.4 Å². The van der Waals surface area contributed by atoms with Crippen molar-refractivity contribution >= 4 is 46.4 Å². The number of ether oxygens (including phenoxy) is 3. The maximum Gasteiger partial charge on any atom is 0.293 e. The van der Waals surface area contributed by atoms with Gasteiger partial charge in [-0.25, -0.2) is 10.4 Å². The molecule has 8 atom stereocenters. The fraction of sp³-hybridized carbons (Fsp3) is 0.645. The van der Waals surface area contributed by atoms with Gasteiger partial charge >= 0.3 is 0 Å². The van der Waals surface area contributed by atoms with Crippen molar-refractivity contribution in [2.45, 2.75) is 148 Å². The molecule has 3 amide bonds. The first kappa shape index (κ1) is 55.3. The zero-order valence-electron chi connectivity index (χ0n) is 48.0. The van der Waals surface area contributed by atoms with Crippen LogP contribution in [0.2, 0.25) is 0 Å². The van der Waals surface area contributed by atoms with Crippen molar-refractivity contribution in [2.75, 3.05) is 79.8 Å². The van der Waals surface area contributed by atoms with Gasteiger partial charge in [0.15, 0.2) is 0 Å². The highest BCUT2D eigenvalue weighted by atomic mass is 32.1. The van der Waals surface area contributed by atoms with Crippen molar-refractivity contribution < 1.29 is 33.4 Å². The number of amides is 3. The molecular formula is C62H82N10O7S. The highest BCUT2D eigenvalue weighted by Crippen LogP contribution is 2.48. The lowest BCUT2D eigenvalue weighted by atomic mass is 9.78. The Kier molecular flexibility index (Phi) is 15.8. The summed E-state index contributed by atoms with van der Waals surface area (Å²) in [5.74, 6) is 8.48. The number of thiazole rings is 1. The number of carbonyl (C=O) groups excluding carboxylic acids is 4. The molecule has 2 saturated carbocycles. The highest BCUT2D eigenvalue weighted by molar-refractivity contribution is 7.10. The van der Waals surface area contributed by atoms with Crippen LogP contribution in [0.1, 0.15) is 113 Å². The van der Waals surface area contributed by atoms with Crippen LogP contribution in [-0.2, 0) is 59.2 Å². The molecule has 8 fully saturated rings. The van der Waals surface area contributed by atoms with E-state index in [-0.39, 0.29) is 55.0 Å². The fourth-order valence-electron chi connectivity index (χ4n) is 14.6. The Morgan fingerprint density at radius 1 is 1.02 bits per heavy atom. The normalized spacial score (nSPS) is 26.7. The van der Waals surface area contributed by atoms with Crippen LogP contribution in [0.4, 0.5) is 0 Å². The largest absolute Gasteiger partial charge is 0.467 e. The first-order valence-electron chi connectivity index (χ1n) is 29.8. The number of morpholine rings is 1. The summed E-state index contributed by atoms with van der Waals surface area (Å²) in [7, 11) is 3.82. The predicted octanol–water partition coefficient (Wildman–Crippen LogP) is 6.10. The van der Waals surface area contributed by atoms with Crippen LogP contribution in [0.3, 0.4) is 0 Å². The van der Waals surface area contributed by atoms with Gasteiger partial charge < -0.3 is 29.0 Å². The molecule has 18 heteroatoms. The van der Waals surface area contributed by atoms with E-state index in [4.69, 9.17) is 24.2 Å². The van der Waals surface area contributed by atoms with Crippen LogP contribution in [0.15, 0.2) is 29.8 Å². The summed E-state index contributed by atoms with van der Waals surface area (Å²) < 4.78 is 19.5. The van der Waals surface area contributed by atoms with Gasteiger partial charge in [0.1, 0.15) is 12.1 Å². The van der Waals surface area contributed by atoms with Crippen molar-refractivity contribution in [1.82, 2.24) is 49.9 Å². The molecule has 4 aromatic rings. The standard InChI is InChI=1S/C62H82N10O7S/c1-37(2)54(69-18-15-51-43(33-69)14-19-70(51)61(76)58-56(67(58)6)41-12-13-41)59(74)66-49(60(75)72-45-24-40(25-45)32-64-72)29-52-65-50(34-80-52)44-27-42-11-9-17-71-55(42)46(28-44)48(30-62(4,5)35-79-36-73)57(71)47-26-39(31-63-53(47)38(3)77-7)10-8-16-68-20-22-78-23-21-68/h26-28,31,34,36-38,40-41,43,45,49,51,54,56,58,64H,9,11-25,29-30,32-33,35H2,1-7H3,(H,66,74)/t38-,40?,43?,45?,49-,51?,54-,56+,58?,67?/m0/s1. The van der Waals surface area contributed by atoms with Crippen LogP contribution in [0, 0.1) is 40.9 Å². The lowest BCUT2D eigenvalue weighted by molar-refractivity contribution is -0.151. The molecule has 428 valence electrons. The van der Waals surface area contributed by atoms with Crippen LogP contribution >= 0.6 is 11.3 Å². The number of hydrazine groups is 1. The average Bonchev–Trinajstić information content (AvgIpc) is 3.78. The Morgan fingerprint density at radius 3 is 2.58 bits per heavy atom. The first-order valence-corrected chi connectivity index (χ1v) is 30.7. The van der Waals surface area contributed by atoms with E-state index in [1.54, 1.807) is 12.1 Å². The SMILES string of the molecule is CO[C@@H](C)c1ncc(C#CCN2CCOCC2)cc1-c1c(CC(C)(C)COC=O)c2cc(-c3csc(C[C@H](NC(=O)[C@H](C(C)C)N4CCC5C(CCN5C(=O)C5[C@@H](C6CC6)N5C)C4)C(=O)N4NCC5CC4C5)n3)cc3c2n1CCC3. The summed E-state index contributed by atoms with van der Waals surface area (Å²) >= 11 is 1.53. The van der Waals surface area contributed by atoms with Crippen LogP contribution in [0.25, 0.3) is 33.4 Å². The quantitative estimate of drug-likeness (QED) is 0.0630. The molecule has 13 rings (SSSR count). The van der Waals surface area contributed by atoms with Gasteiger partial charge in [0.05, 0.1) is 66.1 Å². The molecule has 80 heavy (non-hydrogen) atoms. The van der Waals surface area contributed by atoms with E-state index >= 15 is 0 Å². The Morgan fingerprint density at radius 2 is 1.84 bits per heavy atom. The van der Waals surface area contributed by atoms with E-state index in [0.717, 1.165) is 147 Å². The minimum atomic E-state index is -0.820. The lowest BCUT2D eigenvalue weighted by Gasteiger charge is -2.50. The topological polar surface area (TPSA) is 167 Å². The molecule has 4 unspecified atom stereocenters. The Balaban J connectivity index is 0.838. The van der Waals surface area contributed by atoms with Gasteiger partial charge in [-0.1, -0.05) is 39.5 Å². The van der Waals surface area contributed by atoms with Crippen molar-refractivity contribution in [3.8, 4) is 34.4 Å². The van der Waals surface area contributed by atoms with E-state index in [2.05, 4.69) is 105 Å². The summed E-state index contributed by atoms with van der Waals surface area (Å²) in [5, 5.41) is 9.14. The number of piperidine rings is 1. The summed E-state index contributed by atoms with van der Waals surface area (Å²) in [5.41, 5.74) is 12.1. The molecule has 0 spiro atoms. The average molecular weight is 1110 g/mol. The second kappa shape index (κ2) is 22.8. The monoisotopic (exact) mass is 1110 g/mol. The molecule has 3 aromatic heterocycles. The number of likely N-dealkylation sites (tertiary alicyclic amines) is 2. The third-order valence-electron chi connectivity index (χ3n) is 19.1. The number of fused-ring (bicyclic) bond motifs is 3. The summed E-state index contributed by atoms with van der Waals surface area (Å²) in [6.45, 7) is 19.0. The van der Waals surface area contributed by atoms with Gasteiger partial charge in [0.2, 0.25) is 11.8 Å². The Labute approximate surface area is 475 Å². The number of aryl methyl sites for hydroxylation is 2. The van der Waals surface area contributed by atoms with E-state index < -0.39 is 17.5 Å². The second-order valence-corrected chi connectivity index (χ2v) is 26.5. The molecular weight excluding hydrogens is 1030 g/mol. The van der Waals surface area contributed by atoms with E-state index in [1.807, 2.05) is 13.1 Å². The maximum absolute atomic E-state index is 14.9. The molecule has 2 bridgehead atoms. The summed E-state index contributed by atoms with van der Waals surface area (Å²) in [6.07, 6.45) is 10.5. The fourth-order valence-corrected chi connectivity index (χ4v) is 15.5. The minimum Gasteiger partial charge on any atom is -0.467 e. The number of nitrogens with zero attached hydrogens (tertiary/aromatic N) is 8. The zero-order valence-corrected chi connectivity index (χ0v) is 48.8. The number of likely N-dealkylation sites (N-methyl/N-ethyl adjacent to an activating group) is 1. The highest BCUT2D eigenvalue weighted by Gasteiger charge is 2.59. The van der Waals surface area contributed by atoms with Gasteiger partial charge in [-0.15, -0.1) is 11.3 Å². The van der Waals surface area contributed by atoms with E-state index in [0.29, 0.717) is 49.1 Å². The lowest BCUT2D eigenvalue weighted by Crippen LogP contribution is -2.67. The smallest absolute Gasteiger partial charge is 0.293 e. The second-order valence-electron chi connectivity index (χ2n) is 25.6. The van der Waals surface area contributed by atoms with E-state index in [1.165, 1.54) is 35.3 Å². The number of rotatable bonds is 19. The molecule has 0 radical (unpaired) electrons. The first-order chi connectivity index (χ1) is 38.7. The molecule has 17 nitrogen and oxygen atoms in total. The number of aromatic nitrogens is 3. The molecule has 6 saturated heterocycles. The summed E-state index contributed by atoms with van der Waals surface area (Å²) in [6, 6.07) is 6.25. The number of hydrogen-bond donors (Lipinski definition) is 2. The number of hydrogen-bond acceptors (Lipinski definition) is 14. The number of methoxy groups -OCH3 is 1. The summed E-state index contributed by atoms with van der Waals surface area (Å²) in [4.78, 5) is 74.8. The number of nitrogens with one attached hydrogen (secondary N) is 2. The molecule has 7 aliphatic heterocycles. The third-order valence-corrected chi connectivity index (χ3v) is 19.9. The zero-order chi connectivity index (χ0) is 55.6. The minimum absolute atomic E-state index is 0.00147. The van der Waals surface area contributed by atoms with Crippen molar-refractivity contribution in [1.29, 1.82) is 0 Å². The van der Waals surface area contributed by atoms with Gasteiger partial charge in [-0.3, -0.25) is 43.9 Å². The van der Waals surface area contributed by atoms with Crippen molar-refractivity contribution in [3.05, 3.63) is 57.2 Å². The van der Waals surface area contributed by atoms with Crippen molar-refractivity contribution in [3.63, 3.8) is 0 Å². The molecule has 2 N–H and O–H groups in total. The molecule has 9 aliphatic rings. The number of carbonyl (C=O) groups is 4. The Hall–Kier alpha value is -5.26. The third kappa shape index (κ3) is 11.0. The van der Waals surface area contributed by atoms with Crippen LogP contribution < -0.4 is 10.7 Å². The van der Waals surface area contributed by atoms with Crippen molar-refractivity contribution in [2.24, 2.45) is 29.1 Å². The molecule has 1 aromatic carbocycles. The van der Waals surface area contributed by atoms with E-state index in [9.17, 15) is 19.2 Å².